The maximum absolute atomic E-state index is 12.8. The molecule has 2 heterocycles. The van der Waals surface area contributed by atoms with E-state index in [0.29, 0.717) is 30.8 Å². The minimum atomic E-state index is -3.53. The number of carbonyl (C=O) groups excluding carboxylic acids is 1. The lowest BCUT2D eigenvalue weighted by Gasteiger charge is -2.31. The van der Waals surface area contributed by atoms with E-state index in [2.05, 4.69) is 15.5 Å². The highest BCUT2D eigenvalue weighted by Crippen LogP contribution is 2.21. The predicted molar refractivity (Wildman–Crippen MR) is 99.9 cm³/mol. The molecular formula is C18H22N4O4S. The largest absolute Gasteiger partial charge is 0.348 e. The van der Waals surface area contributed by atoms with E-state index in [4.69, 9.17) is 0 Å². The van der Waals surface area contributed by atoms with Crippen LogP contribution in [0.2, 0.25) is 0 Å². The fraction of sp³-hybridized carbons (Fsp3) is 0.389. The zero-order valence-corrected chi connectivity index (χ0v) is 15.8. The molecule has 0 unspecified atom stereocenters. The third kappa shape index (κ3) is 4.42. The van der Waals surface area contributed by atoms with Gasteiger partial charge in [-0.15, -0.1) is 0 Å². The Bertz CT molecular complexity index is 941. The van der Waals surface area contributed by atoms with Crippen LogP contribution in [0.5, 0.6) is 0 Å². The molecule has 0 atom stereocenters. The molecule has 1 aromatic heterocycles. The SMILES string of the molecule is CCc1ccc(S(=O)(=O)N2CCC(NC(=O)c3ccc(=O)[nH]n3)CC2)cc1. The van der Waals surface area contributed by atoms with Crippen LogP contribution in [-0.2, 0) is 16.4 Å². The van der Waals surface area contributed by atoms with E-state index in [1.165, 1.54) is 16.4 Å². The van der Waals surface area contributed by atoms with E-state index in [1.54, 1.807) is 12.1 Å². The second-order valence-electron chi connectivity index (χ2n) is 6.46. The lowest BCUT2D eigenvalue weighted by molar-refractivity contribution is 0.0917. The van der Waals surface area contributed by atoms with Gasteiger partial charge in [-0.05, 0) is 43.0 Å². The van der Waals surface area contributed by atoms with Crippen molar-refractivity contribution in [3.63, 3.8) is 0 Å². The normalized spacial score (nSPS) is 16.2. The standard InChI is InChI=1S/C18H22N4O4S/c1-2-13-3-5-15(6-4-13)27(25,26)22-11-9-14(10-12-22)19-18(24)16-7-8-17(23)21-20-16/h3-8,14H,2,9-12H2,1H3,(H,19,24)(H,21,23). The number of hydrogen-bond donors (Lipinski definition) is 2. The van der Waals surface area contributed by atoms with Crippen molar-refractivity contribution in [1.29, 1.82) is 0 Å². The van der Waals surface area contributed by atoms with Crippen LogP contribution in [0.25, 0.3) is 0 Å². The Morgan fingerprint density at radius 2 is 1.85 bits per heavy atom. The Morgan fingerprint density at radius 1 is 1.19 bits per heavy atom. The van der Waals surface area contributed by atoms with Gasteiger partial charge in [-0.25, -0.2) is 13.5 Å². The summed E-state index contributed by atoms with van der Waals surface area (Å²) in [5, 5.41) is 8.75. The van der Waals surface area contributed by atoms with E-state index in [9.17, 15) is 18.0 Å². The van der Waals surface area contributed by atoms with Crippen LogP contribution < -0.4 is 10.9 Å². The van der Waals surface area contributed by atoms with E-state index in [1.807, 2.05) is 19.1 Å². The minimum Gasteiger partial charge on any atom is -0.348 e. The Morgan fingerprint density at radius 3 is 2.41 bits per heavy atom. The molecule has 2 N–H and O–H groups in total. The molecule has 3 rings (SSSR count). The molecular weight excluding hydrogens is 368 g/mol. The Balaban J connectivity index is 1.59. The van der Waals surface area contributed by atoms with Gasteiger partial charge in [0, 0.05) is 25.2 Å². The highest BCUT2D eigenvalue weighted by atomic mass is 32.2. The maximum atomic E-state index is 12.8. The molecule has 1 amide bonds. The van der Waals surface area contributed by atoms with Crippen molar-refractivity contribution in [2.24, 2.45) is 0 Å². The molecule has 144 valence electrons. The van der Waals surface area contributed by atoms with Crippen molar-refractivity contribution in [3.8, 4) is 0 Å². The Labute approximate surface area is 157 Å². The van der Waals surface area contributed by atoms with Crippen molar-refractivity contribution in [2.75, 3.05) is 13.1 Å². The molecule has 0 bridgehead atoms. The number of piperidine rings is 1. The van der Waals surface area contributed by atoms with Gasteiger partial charge in [0.25, 0.3) is 11.5 Å². The Hall–Kier alpha value is -2.52. The zero-order valence-electron chi connectivity index (χ0n) is 15.0. The summed E-state index contributed by atoms with van der Waals surface area (Å²) in [6.07, 6.45) is 1.89. The van der Waals surface area contributed by atoms with Crippen LogP contribution >= 0.6 is 0 Å². The van der Waals surface area contributed by atoms with Crippen molar-refractivity contribution < 1.29 is 13.2 Å². The second kappa shape index (κ2) is 8.01. The minimum absolute atomic E-state index is 0.126. The average molecular weight is 390 g/mol. The summed E-state index contributed by atoms with van der Waals surface area (Å²) in [7, 11) is -3.53. The van der Waals surface area contributed by atoms with E-state index in [0.717, 1.165) is 12.0 Å². The number of nitrogens with zero attached hydrogens (tertiary/aromatic N) is 2. The zero-order chi connectivity index (χ0) is 19.4. The number of aromatic amines is 1. The molecule has 0 spiro atoms. The summed E-state index contributed by atoms with van der Waals surface area (Å²) in [6, 6.07) is 9.40. The van der Waals surface area contributed by atoms with Crippen LogP contribution in [0.4, 0.5) is 0 Å². The third-order valence-corrected chi connectivity index (χ3v) is 6.58. The number of benzene rings is 1. The van der Waals surface area contributed by atoms with Gasteiger partial charge in [-0.1, -0.05) is 19.1 Å². The molecule has 2 aromatic rings. The summed E-state index contributed by atoms with van der Waals surface area (Å²) in [4.78, 5) is 23.5. The molecule has 8 nitrogen and oxygen atoms in total. The fourth-order valence-electron chi connectivity index (χ4n) is 3.02. The lowest BCUT2D eigenvalue weighted by atomic mass is 10.1. The summed E-state index contributed by atoms with van der Waals surface area (Å²) in [6.45, 7) is 2.69. The van der Waals surface area contributed by atoms with Gasteiger partial charge in [0.1, 0.15) is 5.69 Å². The van der Waals surface area contributed by atoms with E-state index < -0.39 is 10.0 Å². The molecule has 1 fully saturated rings. The molecule has 27 heavy (non-hydrogen) atoms. The Kier molecular flexibility index (Phi) is 5.71. The first-order valence-electron chi connectivity index (χ1n) is 8.86. The highest BCUT2D eigenvalue weighted by Gasteiger charge is 2.30. The quantitative estimate of drug-likeness (QED) is 0.788. The number of carbonyl (C=O) groups is 1. The van der Waals surface area contributed by atoms with Crippen LogP contribution in [0.1, 0.15) is 35.8 Å². The van der Waals surface area contributed by atoms with Gasteiger partial charge in [-0.2, -0.15) is 9.40 Å². The monoisotopic (exact) mass is 390 g/mol. The van der Waals surface area contributed by atoms with E-state index in [-0.39, 0.29) is 23.2 Å². The van der Waals surface area contributed by atoms with Crippen molar-refractivity contribution in [3.05, 3.63) is 58.0 Å². The first kappa shape index (κ1) is 19.2. The predicted octanol–water partition coefficient (Wildman–Crippen LogP) is 0.915. The number of hydrogen-bond acceptors (Lipinski definition) is 5. The van der Waals surface area contributed by atoms with Gasteiger partial charge >= 0.3 is 0 Å². The average Bonchev–Trinajstić information content (AvgIpc) is 2.69. The number of aryl methyl sites for hydroxylation is 1. The first-order chi connectivity index (χ1) is 12.9. The third-order valence-electron chi connectivity index (χ3n) is 4.67. The summed E-state index contributed by atoms with van der Waals surface area (Å²) < 4.78 is 27.0. The molecule has 9 heteroatoms. The van der Waals surface area contributed by atoms with Crippen molar-refractivity contribution in [1.82, 2.24) is 19.8 Å². The van der Waals surface area contributed by atoms with Crippen LogP contribution in [0, 0.1) is 0 Å². The number of H-pyrrole nitrogens is 1. The topological polar surface area (TPSA) is 112 Å². The number of nitrogens with one attached hydrogen (secondary N) is 2. The van der Waals surface area contributed by atoms with Gasteiger partial charge in [0.05, 0.1) is 4.90 Å². The second-order valence-corrected chi connectivity index (χ2v) is 8.39. The smallest absolute Gasteiger partial charge is 0.271 e. The molecule has 1 aromatic carbocycles. The number of aromatic nitrogens is 2. The van der Waals surface area contributed by atoms with Gasteiger partial charge in [0.15, 0.2) is 0 Å². The molecule has 1 saturated heterocycles. The fourth-order valence-corrected chi connectivity index (χ4v) is 4.49. The van der Waals surface area contributed by atoms with Crippen LogP contribution in [-0.4, -0.2) is 48.0 Å². The number of rotatable bonds is 5. The van der Waals surface area contributed by atoms with Crippen LogP contribution in [0.15, 0.2) is 46.1 Å². The van der Waals surface area contributed by atoms with E-state index >= 15 is 0 Å². The molecule has 1 aliphatic rings. The molecule has 0 saturated carbocycles. The lowest BCUT2D eigenvalue weighted by Crippen LogP contribution is -2.46. The number of sulfonamides is 1. The van der Waals surface area contributed by atoms with Gasteiger partial charge < -0.3 is 5.32 Å². The molecule has 0 aliphatic carbocycles. The van der Waals surface area contributed by atoms with Crippen molar-refractivity contribution in [2.45, 2.75) is 37.1 Å². The summed E-state index contributed by atoms with van der Waals surface area (Å²) >= 11 is 0. The summed E-state index contributed by atoms with van der Waals surface area (Å²) in [5.74, 6) is -0.386. The highest BCUT2D eigenvalue weighted by molar-refractivity contribution is 7.89. The maximum Gasteiger partial charge on any atom is 0.271 e. The summed E-state index contributed by atoms with van der Waals surface area (Å²) in [5.41, 5.74) is 0.837. The molecule has 1 aliphatic heterocycles. The molecule has 0 radical (unpaired) electrons. The van der Waals surface area contributed by atoms with Crippen LogP contribution in [0.3, 0.4) is 0 Å². The number of amides is 1. The van der Waals surface area contributed by atoms with Gasteiger partial charge in [-0.3, -0.25) is 9.59 Å². The van der Waals surface area contributed by atoms with Gasteiger partial charge in [0.2, 0.25) is 10.0 Å². The first-order valence-corrected chi connectivity index (χ1v) is 10.3. The van der Waals surface area contributed by atoms with Crippen molar-refractivity contribution >= 4 is 15.9 Å².